The molecule has 1 aromatic carbocycles. The molecule has 2 nitrogen and oxygen atoms in total. The van der Waals surface area contributed by atoms with Gasteiger partial charge >= 0.3 is 0 Å². The summed E-state index contributed by atoms with van der Waals surface area (Å²) in [5, 5.41) is 1.73. The first-order valence-corrected chi connectivity index (χ1v) is 3.97. The van der Waals surface area contributed by atoms with Crippen molar-refractivity contribution in [3.63, 3.8) is 0 Å². The molecule has 1 aliphatic heterocycles. The third-order valence-corrected chi connectivity index (χ3v) is 1.71. The molecular formula is C10H10NO. The van der Waals surface area contributed by atoms with E-state index < -0.39 is 0 Å². The highest BCUT2D eigenvalue weighted by Gasteiger charge is 2.13. The van der Waals surface area contributed by atoms with E-state index in [0.29, 0.717) is 0 Å². The predicted molar refractivity (Wildman–Crippen MR) is 47.3 cm³/mol. The van der Waals surface area contributed by atoms with E-state index in [-0.39, 0.29) is 6.10 Å². The Morgan fingerprint density at radius 3 is 2.67 bits per heavy atom. The monoisotopic (exact) mass is 160 g/mol. The maximum absolute atomic E-state index is 5.41. The van der Waals surface area contributed by atoms with Crippen molar-refractivity contribution in [2.75, 3.05) is 5.06 Å². The Morgan fingerprint density at radius 2 is 2.08 bits per heavy atom. The zero-order valence-electron chi connectivity index (χ0n) is 6.90. The van der Waals surface area contributed by atoms with Crippen LogP contribution in [-0.2, 0) is 4.84 Å². The summed E-state index contributed by atoms with van der Waals surface area (Å²) in [5.74, 6) is 0. The Kier molecular flexibility index (Phi) is 1.84. The molecule has 0 fully saturated rings. The zero-order chi connectivity index (χ0) is 8.39. The Morgan fingerprint density at radius 1 is 1.33 bits per heavy atom. The van der Waals surface area contributed by atoms with E-state index >= 15 is 0 Å². The Hall–Kier alpha value is -1.28. The Balaban J connectivity index is 2.18. The minimum absolute atomic E-state index is 0.0604. The van der Waals surface area contributed by atoms with Gasteiger partial charge in [-0.1, -0.05) is 18.2 Å². The van der Waals surface area contributed by atoms with Gasteiger partial charge in [0.1, 0.15) is 6.10 Å². The van der Waals surface area contributed by atoms with Crippen molar-refractivity contribution in [1.82, 2.24) is 0 Å². The van der Waals surface area contributed by atoms with Crippen LogP contribution in [0.25, 0.3) is 0 Å². The molecule has 1 unspecified atom stereocenters. The molecule has 2 heteroatoms. The van der Waals surface area contributed by atoms with Crippen molar-refractivity contribution < 1.29 is 4.84 Å². The lowest BCUT2D eigenvalue weighted by molar-refractivity contribution is 0.112. The fourth-order valence-corrected chi connectivity index (χ4v) is 1.11. The number of anilines is 1. The van der Waals surface area contributed by atoms with Gasteiger partial charge in [-0.3, -0.25) is 4.84 Å². The first-order valence-electron chi connectivity index (χ1n) is 3.97. The first kappa shape index (κ1) is 7.37. The lowest BCUT2D eigenvalue weighted by atomic mass is 10.3. The van der Waals surface area contributed by atoms with Gasteiger partial charge < -0.3 is 0 Å². The minimum Gasteiger partial charge on any atom is -0.261 e. The highest BCUT2D eigenvalue weighted by molar-refractivity contribution is 5.46. The van der Waals surface area contributed by atoms with Gasteiger partial charge in [-0.25, -0.2) is 5.06 Å². The van der Waals surface area contributed by atoms with Gasteiger partial charge in [-0.2, -0.15) is 0 Å². The van der Waals surface area contributed by atoms with Crippen molar-refractivity contribution in [3.8, 4) is 0 Å². The van der Waals surface area contributed by atoms with E-state index in [0.717, 1.165) is 5.69 Å². The molecule has 0 spiro atoms. The van der Waals surface area contributed by atoms with E-state index in [1.165, 1.54) is 0 Å². The zero-order valence-corrected chi connectivity index (χ0v) is 6.90. The molecule has 1 radical (unpaired) electrons. The summed E-state index contributed by atoms with van der Waals surface area (Å²) < 4.78 is 0. The third-order valence-electron chi connectivity index (χ3n) is 1.71. The van der Waals surface area contributed by atoms with Crippen LogP contribution in [-0.4, -0.2) is 6.10 Å². The van der Waals surface area contributed by atoms with Crippen molar-refractivity contribution in [3.05, 3.63) is 42.6 Å². The minimum atomic E-state index is 0.0604. The van der Waals surface area contributed by atoms with Gasteiger partial charge in [0.15, 0.2) is 0 Å². The number of hydroxylamine groups is 1. The number of hydrogen-bond acceptors (Lipinski definition) is 2. The summed E-state index contributed by atoms with van der Waals surface area (Å²) >= 11 is 0. The Labute approximate surface area is 72.0 Å². The van der Waals surface area contributed by atoms with E-state index in [1.54, 1.807) is 5.06 Å². The van der Waals surface area contributed by atoms with Crippen LogP contribution >= 0.6 is 0 Å². The second-order valence-electron chi connectivity index (χ2n) is 2.70. The SMILES string of the molecule is CC1[C]=CN(c2ccccc2)O1. The molecule has 0 aliphatic carbocycles. The van der Waals surface area contributed by atoms with Gasteiger partial charge in [0.2, 0.25) is 0 Å². The smallest absolute Gasteiger partial charge is 0.110 e. The molecule has 61 valence electrons. The molecule has 12 heavy (non-hydrogen) atoms. The molecule has 0 saturated heterocycles. The average molecular weight is 160 g/mol. The van der Waals surface area contributed by atoms with Crippen LogP contribution in [0.3, 0.4) is 0 Å². The highest BCUT2D eigenvalue weighted by Crippen LogP contribution is 2.19. The maximum atomic E-state index is 5.41. The number of benzene rings is 1. The van der Waals surface area contributed by atoms with Crippen LogP contribution < -0.4 is 5.06 Å². The number of hydrogen-bond donors (Lipinski definition) is 0. The van der Waals surface area contributed by atoms with E-state index in [1.807, 2.05) is 43.5 Å². The quantitative estimate of drug-likeness (QED) is 0.624. The molecule has 2 rings (SSSR count). The van der Waals surface area contributed by atoms with E-state index in [2.05, 4.69) is 6.08 Å². The topological polar surface area (TPSA) is 12.5 Å². The number of nitrogens with zero attached hydrogens (tertiary/aromatic N) is 1. The van der Waals surface area contributed by atoms with Gasteiger partial charge in [-0.15, -0.1) is 0 Å². The molecule has 0 saturated carbocycles. The normalized spacial score (nSPS) is 21.8. The molecule has 0 bridgehead atoms. The molecule has 1 atom stereocenters. The Bertz CT molecular complexity index is 281. The van der Waals surface area contributed by atoms with Gasteiger partial charge in [0, 0.05) is 12.3 Å². The molecule has 1 aliphatic rings. The molecule has 0 amide bonds. The summed E-state index contributed by atoms with van der Waals surface area (Å²) in [5.41, 5.74) is 1.04. The van der Waals surface area contributed by atoms with Crippen LogP contribution in [0.15, 0.2) is 36.5 Å². The second kappa shape index (κ2) is 2.99. The lowest BCUT2D eigenvalue weighted by Gasteiger charge is -2.15. The molecular weight excluding hydrogens is 150 g/mol. The highest BCUT2D eigenvalue weighted by atomic mass is 16.7. The van der Waals surface area contributed by atoms with Crippen LogP contribution in [0.4, 0.5) is 5.69 Å². The van der Waals surface area contributed by atoms with Crippen molar-refractivity contribution in [1.29, 1.82) is 0 Å². The summed E-state index contributed by atoms with van der Waals surface area (Å²) in [4.78, 5) is 5.41. The van der Waals surface area contributed by atoms with Crippen molar-refractivity contribution >= 4 is 5.69 Å². The largest absolute Gasteiger partial charge is 0.261 e. The van der Waals surface area contributed by atoms with Gasteiger partial charge in [0.25, 0.3) is 0 Å². The fraction of sp³-hybridized carbons (Fsp3) is 0.200. The molecule has 0 N–H and O–H groups in total. The third kappa shape index (κ3) is 1.34. The van der Waals surface area contributed by atoms with Crippen molar-refractivity contribution in [2.24, 2.45) is 0 Å². The number of para-hydroxylation sites is 1. The van der Waals surface area contributed by atoms with Crippen LogP contribution in [0.5, 0.6) is 0 Å². The summed E-state index contributed by atoms with van der Waals surface area (Å²) in [6.45, 7) is 1.96. The molecule has 1 aromatic rings. The van der Waals surface area contributed by atoms with Crippen LogP contribution in [0.2, 0.25) is 0 Å². The van der Waals surface area contributed by atoms with Crippen LogP contribution in [0, 0.1) is 6.08 Å². The van der Waals surface area contributed by atoms with Gasteiger partial charge in [-0.05, 0) is 19.1 Å². The van der Waals surface area contributed by atoms with Crippen molar-refractivity contribution in [2.45, 2.75) is 13.0 Å². The first-order chi connectivity index (χ1) is 5.86. The fourth-order valence-electron chi connectivity index (χ4n) is 1.11. The standard InChI is InChI=1S/C10H10NO/c1-9-7-8-11(12-9)10-5-3-2-4-6-10/h2-6,8-9H,1H3. The molecule has 0 aromatic heterocycles. The average Bonchev–Trinajstić information content (AvgIpc) is 2.54. The lowest BCUT2D eigenvalue weighted by Crippen LogP contribution is -2.14. The summed E-state index contributed by atoms with van der Waals surface area (Å²) in [7, 11) is 0. The van der Waals surface area contributed by atoms with Gasteiger partial charge in [0.05, 0.1) is 5.69 Å². The van der Waals surface area contributed by atoms with E-state index in [9.17, 15) is 0 Å². The van der Waals surface area contributed by atoms with Crippen LogP contribution in [0.1, 0.15) is 6.92 Å². The number of rotatable bonds is 1. The summed E-state index contributed by atoms with van der Waals surface area (Å²) in [6, 6.07) is 9.94. The molecule has 1 heterocycles. The maximum Gasteiger partial charge on any atom is 0.110 e. The predicted octanol–water partition coefficient (Wildman–Crippen LogP) is 2.14. The summed E-state index contributed by atoms with van der Waals surface area (Å²) in [6.07, 6.45) is 4.93. The van der Waals surface area contributed by atoms with E-state index in [4.69, 9.17) is 4.84 Å². The second-order valence-corrected chi connectivity index (χ2v) is 2.70.